The van der Waals surface area contributed by atoms with E-state index in [9.17, 15) is 9.90 Å². The first-order valence-electron chi connectivity index (χ1n) is 8.79. The van der Waals surface area contributed by atoms with E-state index in [-0.39, 0.29) is 12.0 Å². The summed E-state index contributed by atoms with van der Waals surface area (Å²) in [5, 5.41) is 9.30. The molecule has 0 aliphatic carbocycles. The van der Waals surface area contributed by atoms with Crippen LogP contribution >= 0.6 is 11.3 Å². The van der Waals surface area contributed by atoms with E-state index in [2.05, 4.69) is 30.0 Å². The molecule has 1 N–H and O–H groups in total. The van der Waals surface area contributed by atoms with Gasteiger partial charge < -0.3 is 14.6 Å². The zero-order valence-corrected chi connectivity index (χ0v) is 16.2. The summed E-state index contributed by atoms with van der Waals surface area (Å²) in [4.78, 5) is 16.2. The van der Waals surface area contributed by atoms with Crippen molar-refractivity contribution >= 4 is 17.3 Å². The molecule has 1 aliphatic rings. The van der Waals surface area contributed by atoms with Gasteiger partial charge in [-0.3, -0.25) is 9.69 Å². The van der Waals surface area contributed by atoms with Gasteiger partial charge in [-0.2, -0.15) is 0 Å². The number of aryl methyl sites for hydroxylation is 1. The van der Waals surface area contributed by atoms with Gasteiger partial charge in [-0.05, 0) is 51.1 Å². The van der Waals surface area contributed by atoms with Gasteiger partial charge in [0.25, 0.3) is 0 Å². The third kappa shape index (κ3) is 3.71. The summed E-state index contributed by atoms with van der Waals surface area (Å²) < 4.78 is 11.2. The molecule has 1 unspecified atom stereocenters. The summed E-state index contributed by atoms with van der Waals surface area (Å²) in [5.74, 6) is 0.520. The Morgan fingerprint density at radius 3 is 2.46 bits per heavy atom. The molecule has 0 amide bonds. The predicted octanol–water partition coefficient (Wildman–Crippen LogP) is 3.96. The molecule has 0 saturated carbocycles. The van der Waals surface area contributed by atoms with Crippen LogP contribution in [-0.4, -0.2) is 43.3 Å². The Bertz CT molecular complexity index is 765. The summed E-state index contributed by atoms with van der Waals surface area (Å²) in [6.45, 7) is 3.60. The molecule has 1 aliphatic heterocycles. The van der Waals surface area contributed by atoms with E-state index < -0.39 is 5.97 Å². The zero-order chi connectivity index (χ0) is 18.7. The summed E-state index contributed by atoms with van der Waals surface area (Å²) >= 11 is 1.77. The van der Waals surface area contributed by atoms with Crippen molar-refractivity contribution in [2.24, 2.45) is 5.92 Å². The number of nitrogens with zero attached hydrogens (tertiary/aromatic N) is 1. The second kappa shape index (κ2) is 8.10. The van der Waals surface area contributed by atoms with Crippen LogP contribution in [-0.2, 0) is 4.79 Å². The number of carboxylic acids is 1. The van der Waals surface area contributed by atoms with Crippen molar-refractivity contribution in [1.29, 1.82) is 0 Å². The summed E-state index contributed by atoms with van der Waals surface area (Å²) in [5.41, 5.74) is 1.06. The van der Waals surface area contributed by atoms with Gasteiger partial charge in [0.2, 0.25) is 0 Å². The first kappa shape index (κ1) is 18.7. The van der Waals surface area contributed by atoms with Crippen LogP contribution in [0.15, 0.2) is 30.3 Å². The lowest BCUT2D eigenvalue weighted by Gasteiger charge is -2.37. The molecule has 140 valence electrons. The number of carboxylic acid groups (broad SMARTS) is 1. The second-order valence-electron chi connectivity index (χ2n) is 6.58. The minimum Gasteiger partial charge on any atom is -0.493 e. The SMILES string of the molecule is COc1cccc(C(c2ccc(C)s2)N2CCC(C(=O)O)CC2)c1OC. The normalized spacial score (nSPS) is 17.0. The third-order valence-corrected chi connectivity index (χ3v) is 6.06. The van der Waals surface area contributed by atoms with Crippen LogP contribution in [0.2, 0.25) is 0 Å². The molecular formula is C20H25NO4S. The number of aliphatic carboxylic acids is 1. The van der Waals surface area contributed by atoms with Gasteiger partial charge in [0.1, 0.15) is 0 Å². The number of carbonyl (C=O) groups is 1. The number of ether oxygens (including phenoxy) is 2. The highest BCUT2D eigenvalue weighted by Gasteiger charge is 2.32. The maximum absolute atomic E-state index is 11.3. The average Bonchev–Trinajstić information content (AvgIpc) is 3.08. The van der Waals surface area contributed by atoms with Crippen LogP contribution in [0, 0.1) is 12.8 Å². The number of hydrogen-bond acceptors (Lipinski definition) is 5. The fourth-order valence-electron chi connectivity index (χ4n) is 3.66. The Labute approximate surface area is 158 Å². The molecule has 1 saturated heterocycles. The monoisotopic (exact) mass is 375 g/mol. The fourth-order valence-corrected chi connectivity index (χ4v) is 4.69. The molecule has 1 aromatic heterocycles. The van der Waals surface area contributed by atoms with Crippen LogP contribution in [0.4, 0.5) is 0 Å². The smallest absolute Gasteiger partial charge is 0.306 e. The van der Waals surface area contributed by atoms with Crippen molar-refractivity contribution in [2.75, 3.05) is 27.3 Å². The third-order valence-electron chi connectivity index (χ3n) is 5.00. The van der Waals surface area contributed by atoms with E-state index in [1.807, 2.05) is 12.1 Å². The quantitative estimate of drug-likeness (QED) is 0.828. The minimum absolute atomic E-state index is 0.0356. The number of likely N-dealkylation sites (tertiary alicyclic amines) is 1. The van der Waals surface area contributed by atoms with Gasteiger partial charge in [0, 0.05) is 15.3 Å². The van der Waals surface area contributed by atoms with Crippen LogP contribution in [0.25, 0.3) is 0 Å². The Morgan fingerprint density at radius 1 is 1.19 bits per heavy atom. The maximum Gasteiger partial charge on any atom is 0.306 e. The molecule has 1 atom stereocenters. The minimum atomic E-state index is -0.688. The molecule has 2 heterocycles. The van der Waals surface area contributed by atoms with Crippen LogP contribution in [0.3, 0.4) is 0 Å². The Hall–Kier alpha value is -2.05. The zero-order valence-electron chi connectivity index (χ0n) is 15.4. The molecule has 0 radical (unpaired) electrons. The van der Waals surface area contributed by atoms with Gasteiger partial charge in [-0.25, -0.2) is 0 Å². The molecule has 0 spiro atoms. The lowest BCUT2D eigenvalue weighted by Crippen LogP contribution is -2.39. The standard InChI is InChI=1S/C20H25NO4S/c1-13-7-8-17(26-13)18(21-11-9-14(10-12-21)20(22)23)15-5-4-6-16(24-2)19(15)25-3/h4-8,14,18H,9-12H2,1-3H3,(H,22,23). The van der Waals surface area contributed by atoms with E-state index >= 15 is 0 Å². The lowest BCUT2D eigenvalue weighted by atomic mass is 9.93. The average molecular weight is 375 g/mol. The highest BCUT2D eigenvalue weighted by Crippen LogP contribution is 2.43. The van der Waals surface area contributed by atoms with Crippen molar-refractivity contribution in [1.82, 2.24) is 4.90 Å². The van der Waals surface area contributed by atoms with E-state index in [0.29, 0.717) is 18.6 Å². The first-order valence-corrected chi connectivity index (χ1v) is 9.61. The molecular weight excluding hydrogens is 350 g/mol. The highest BCUT2D eigenvalue weighted by molar-refractivity contribution is 7.12. The summed E-state index contributed by atoms with van der Waals surface area (Å²) in [6.07, 6.45) is 1.34. The van der Waals surface area contributed by atoms with Gasteiger partial charge >= 0.3 is 5.97 Å². The van der Waals surface area contributed by atoms with Gasteiger partial charge in [-0.15, -0.1) is 11.3 Å². The van der Waals surface area contributed by atoms with E-state index in [4.69, 9.17) is 9.47 Å². The number of methoxy groups -OCH3 is 2. The summed E-state index contributed by atoms with van der Waals surface area (Å²) in [6, 6.07) is 10.3. The molecule has 3 rings (SSSR count). The predicted molar refractivity (Wildman–Crippen MR) is 102 cm³/mol. The van der Waals surface area contributed by atoms with Crippen molar-refractivity contribution in [3.05, 3.63) is 45.6 Å². The molecule has 1 aromatic carbocycles. The van der Waals surface area contributed by atoms with Crippen LogP contribution in [0.5, 0.6) is 11.5 Å². The Balaban J connectivity index is 1.99. The van der Waals surface area contributed by atoms with Crippen molar-refractivity contribution in [3.63, 3.8) is 0 Å². The summed E-state index contributed by atoms with van der Waals surface area (Å²) in [7, 11) is 3.30. The highest BCUT2D eigenvalue weighted by atomic mass is 32.1. The molecule has 1 fully saturated rings. The van der Waals surface area contributed by atoms with Gasteiger partial charge in [-0.1, -0.05) is 12.1 Å². The first-order chi connectivity index (χ1) is 12.5. The van der Waals surface area contributed by atoms with E-state index in [0.717, 1.165) is 24.4 Å². The van der Waals surface area contributed by atoms with E-state index in [1.165, 1.54) is 9.75 Å². The number of para-hydroxylation sites is 1. The topological polar surface area (TPSA) is 59.0 Å². The van der Waals surface area contributed by atoms with Crippen molar-refractivity contribution in [2.45, 2.75) is 25.8 Å². The number of hydrogen-bond donors (Lipinski definition) is 1. The maximum atomic E-state index is 11.3. The number of piperidine rings is 1. The molecule has 26 heavy (non-hydrogen) atoms. The second-order valence-corrected chi connectivity index (χ2v) is 7.90. The van der Waals surface area contributed by atoms with Crippen LogP contribution in [0.1, 0.15) is 34.2 Å². The number of benzene rings is 1. The molecule has 2 aromatic rings. The van der Waals surface area contributed by atoms with Crippen LogP contribution < -0.4 is 9.47 Å². The molecule has 5 nitrogen and oxygen atoms in total. The van der Waals surface area contributed by atoms with Gasteiger partial charge in [0.05, 0.1) is 26.2 Å². The Kier molecular flexibility index (Phi) is 5.84. The number of rotatable bonds is 6. The molecule has 0 bridgehead atoms. The van der Waals surface area contributed by atoms with Crippen molar-refractivity contribution < 1.29 is 19.4 Å². The number of thiophene rings is 1. The van der Waals surface area contributed by atoms with E-state index in [1.54, 1.807) is 25.6 Å². The molecule has 6 heteroatoms. The largest absolute Gasteiger partial charge is 0.493 e. The van der Waals surface area contributed by atoms with Crippen molar-refractivity contribution in [3.8, 4) is 11.5 Å². The van der Waals surface area contributed by atoms with Gasteiger partial charge in [0.15, 0.2) is 11.5 Å². The lowest BCUT2D eigenvalue weighted by molar-refractivity contribution is -0.143. The Morgan fingerprint density at radius 2 is 1.92 bits per heavy atom. The fraction of sp³-hybridized carbons (Fsp3) is 0.450.